The summed E-state index contributed by atoms with van der Waals surface area (Å²) in [5.41, 5.74) is 3.29. The van der Waals surface area contributed by atoms with Crippen molar-refractivity contribution in [3.05, 3.63) is 46.9 Å². The van der Waals surface area contributed by atoms with E-state index in [1.807, 2.05) is 19.9 Å². The molecule has 0 spiro atoms. The predicted octanol–water partition coefficient (Wildman–Crippen LogP) is 2.52. The Bertz CT molecular complexity index is 942. The molecular formula is C22H27ClN6O3. The van der Waals surface area contributed by atoms with Gasteiger partial charge in [-0.3, -0.25) is 20.1 Å². The first-order valence-corrected chi connectivity index (χ1v) is 10.9. The molecule has 9 nitrogen and oxygen atoms in total. The van der Waals surface area contributed by atoms with Crippen LogP contribution in [0.2, 0.25) is 5.02 Å². The number of amides is 1. The van der Waals surface area contributed by atoms with Gasteiger partial charge in [-0.2, -0.15) is 10.2 Å². The van der Waals surface area contributed by atoms with Crippen molar-refractivity contribution in [3.8, 4) is 11.8 Å². The molecule has 0 aliphatic carbocycles. The van der Waals surface area contributed by atoms with Crippen LogP contribution in [0.4, 0.5) is 5.82 Å². The molecule has 1 aliphatic heterocycles. The number of hydrogen-bond acceptors (Lipinski definition) is 8. The number of nitrogens with one attached hydrogen (secondary N) is 1. The van der Waals surface area contributed by atoms with Gasteiger partial charge in [0.15, 0.2) is 5.82 Å². The van der Waals surface area contributed by atoms with Gasteiger partial charge >= 0.3 is 0 Å². The third-order valence-electron chi connectivity index (χ3n) is 4.76. The van der Waals surface area contributed by atoms with Crippen LogP contribution in [-0.2, 0) is 4.74 Å². The van der Waals surface area contributed by atoms with Crippen molar-refractivity contribution in [1.29, 1.82) is 5.26 Å². The summed E-state index contributed by atoms with van der Waals surface area (Å²) in [5.74, 6) is 0.841. The van der Waals surface area contributed by atoms with Crippen LogP contribution in [0.15, 0.2) is 30.5 Å². The summed E-state index contributed by atoms with van der Waals surface area (Å²) in [6.07, 6.45) is 1.35. The number of nitriles is 1. The Labute approximate surface area is 192 Å². The van der Waals surface area contributed by atoms with Crippen LogP contribution in [0.1, 0.15) is 30.0 Å². The second-order valence-corrected chi connectivity index (χ2v) is 8.16. The minimum Gasteiger partial charge on any atom is -0.492 e. The molecule has 3 rings (SSSR count). The number of aromatic nitrogens is 2. The van der Waals surface area contributed by atoms with Crippen LogP contribution < -0.4 is 15.2 Å². The summed E-state index contributed by atoms with van der Waals surface area (Å²) in [7, 11) is 0. The minimum absolute atomic E-state index is 0.0222. The lowest BCUT2D eigenvalue weighted by molar-refractivity contribution is 0.0322. The van der Waals surface area contributed by atoms with Gasteiger partial charge in [0.1, 0.15) is 23.4 Å². The van der Waals surface area contributed by atoms with Crippen LogP contribution in [0.25, 0.3) is 0 Å². The van der Waals surface area contributed by atoms with E-state index in [0.29, 0.717) is 24.5 Å². The SMILES string of the molecule is CC(C)CN(NC(=O)c1ccc(OCCN2CCOCC2)cc1)c1nc(C#N)ncc1Cl. The Morgan fingerprint density at radius 3 is 2.72 bits per heavy atom. The highest BCUT2D eigenvalue weighted by Crippen LogP contribution is 2.22. The summed E-state index contributed by atoms with van der Waals surface area (Å²) < 4.78 is 11.1. The molecule has 32 heavy (non-hydrogen) atoms. The number of halogens is 1. The Kier molecular flexibility index (Phi) is 8.62. The van der Waals surface area contributed by atoms with E-state index in [2.05, 4.69) is 20.3 Å². The fourth-order valence-electron chi connectivity index (χ4n) is 3.16. The molecule has 0 bridgehead atoms. The normalized spacial score (nSPS) is 14.1. The monoisotopic (exact) mass is 458 g/mol. The maximum absolute atomic E-state index is 12.8. The number of nitrogens with zero attached hydrogens (tertiary/aromatic N) is 5. The van der Waals surface area contributed by atoms with Crippen LogP contribution in [-0.4, -0.2) is 66.8 Å². The zero-order valence-electron chi connectivity index (χ0n) is 18.3. The molecule has 1 aliphatic rings. The lowest BCUT2D eigenvalue weighted by Gasteiger charge is -2.27. The lowest BCUT2D eigenvalue weighted by Crippen LogP contribution is -2.45. The number of carbonyl (C=O) groups is 1. The first-order chi connectivity index (χ1) is 15.5. The number of benzene rings is 1. The molecule has 0 saturated carbocycles. The second kappa shape index (κ2) is 11.6. The average Bonchev–Trinajstić information content (AvgIpc) is 2.80. The fraction of sp³-hybridized carbons (Fsp3) is 0.455. The van der Waals surface area contributed by atoms with Crippen LogP contribution in [0, 0.1) is 17.2 Å². The quantitative estimate of drug-likeness (QED) is 0.572. The molecule has 1 saturated heterocycles. The van der Waals surface area contributed by atoms with Crippen LogP contribution in [0.3, 0.4) is 0 Å². The van der Waals surface area contributed by atoms with Gasteiger partial charge in [-0.15, -0.1) is 0 Å². The van der Waals surface area contributed by atoms with Gasteiger partial charge in [-0.1, -0.05) is 25.4 Å². The molecule has 0 radical (unpaired) electrons. The summed E-state index contributed by atoms with van der Waals surface area (Å²) >= 11 is 6.23. The van der Waals surface area contributed by atoms with Crippen molar-refractivity contribution in [2.24, 2.45) is 5.92 Å². The molecule has 170 valence electrons. The number of hydrazine groups is 1. The maximum Gasteiger partial charge on any atom is 0.269 e. The van der Waals surface area contributed by atoms with E-state index in [4.69, 9.17) is 26.3 Å². The van der Waals surface area contributed by atoms with Gasteiger partial charge in [-0.05, 0) is 30.2 Å². The highest BCUT2D eigenvalue weighted by atomic mass is 35.5. The van der Waals surface area contributed by atoms with Gasteiger partial charge < -0.3 is 9.47 Å². The summed E-state index contributed by atoms with van der Waals surface area (Å²) in [4.78, 5) is 23.1. The van der Waals surface area contributed by atoms with Crippen molar-refractivity contribution in [1.82, 2.24) is 20.3 Å². The summed E-state index contributed by atoms with van der Waals surface area (Å²) in [6, 6.07) is 8.84. The van der Waals surface area contributed by atoms with Gasteiger partial charge in [-0.25, -0.2) is 4.98 Å². The molecule has 1 N–H and O–H groups in total. The van der Waals surface area contributed by atoms with Gasteiger partial charge in [0, 0.05) is 31.7 Å². The smallest absolute Gasteiger partial charge is 0.269 e. The molecule has 2 aromatic rings. The molecule has 0 unspecified atom stereocenters. The molecule has 2 heterocycles. The van der Waals surface area contributed by atoms with E-state index >= 15 is 0 Å². The Morgan fingerprint density at radius 1 is 1.34 bits per heavy atom. The second-order valence-electron chi connectivity index (χ2n) is 7.75. The largest absolute Gasteiger partial charge is 0.492 e. The number of carbonyl (C=O) groups excluding carboxylic acids is 1. The zero-order chi connectivity index (χ0) is 22.9. The Balaban J connectivity index is 1.61. The van der Waals surface area contributed by atoms with Crippen molar-refractivity contribution >= 4 is 23.3 Å². The fourth-order valence-corrected chi connectivity index (χ4v) is 3.35. The van der Waals surface area contributed by atoms with E-state index < -0.39 is 0 Å². The first-order valence-electron chi connectivity index (χ1n) is 10.5. The average molecular weight is 459 g/mol. The molecule has 1 aromatic carbocycles. The standard InChI is InChI=1S/C22H27ClN6O3/c1-16(2)15-29(21-19(23)14-25-20(13-24)26-21)27-22(30)17-3-5-18(6-4-17)32-12-9-28-7-10-31-11-8-28/h3-6,14,16H,7-12,15H2,1-2H3,(H,27,30). The first kappa shape index (κ1) is 23.7. The number of morpholine rings is 1. The van der Waals surface area contributed by atoms with Gasteiger partial charge in [0.2, 0.25) is 5.82 Å². The predicted molar refractivity (Wildman–Crippen MR) is 121 cm³/mol. The molecule has 10 heteroatoms. The molecule has 1 amide bonds. The molecular weight excluding hydrogens is 432 g/mol. The number of anilines is 1. The summed E-state index contributed by atoms with van der Waals surface area (Å²) in [6.45, 7) is 9.22. The van der Waals surface area contributed by atoms with Crippen molar-refractivity contribution in [2.45, 2.75) is 13.8 Å². The summed E-state index contributed by atoms with van der Waals surface area (Å²) in [5, 5.41) is 10.9. The number of hydrogen-bond donors (Lipinski definition) is 1. The topological polar surface area (TPSA) is 104 Å². The zero-order valence-corrected chi connectivity index (χ0v) is 19.0. The molecule has 0 atom stereocenters. The molecule has 1 aromatic heterocycles. The van der Waals surface area contributed by atoms with Crippen LogP contribution in [0.5, 0.6) is 5.75 Å². The van der Waals surface area contributed by atoms with E-state index in [9.17, 15) is 4.79 Å². The Hall–Kier alpha value is -2.93. The van der Waals surface area contributed by atoms with E-state index in [-0.39, 0.29) is 28.5 Å². The van der Waals surface area contributed by atoms with Crippen LogP contribution >= 0.6 is 11.6 Å². The highest BCUT2D eigenvalue weighted by Gasteiger charge is 2.19. The number of ether oxygens (including phenoxy) is 2. The molecule has 1 fully saturated rings. The minimum atomic E-state index is -0.321. The maximum atomic E-state index is 12.8. The van der Waals surface area contributed by atoms with Gasteiger partial charge in [0.25, 0.3) is 5.91 Å². The number of rotatable bonds is 9. The third kappa shape index (κ3) is 6.79. The highest BCUT2D eigenvalue weighted by molar-refractivity contribution is 6.32. The Morgan fingerprint density at radius 2 is 2.06 bits per heavy atom. The third-order valence-corrected chi connectivity index (χ3v) is 5.03. The van der Waals surface area contributed by atoms with E-state index in [0.717, 1.165) is 32.8 Å². The van der Waals surface area contributed by atoms with Crippen molar-refractivity contribution in [3.63, 3.8) is 0 Å². The lowest BCUT2D eigenvalue weighted by atomic mass is 10.2. The van der Waals surface area contributed by atoms with E-state index in [1.54, 1.807) is 29.3 Å². The van der Waals surface area contributed by atoms with Crippen molar-refractivity contribution < 1.29 is 14.3 Å². The van der Waals surface area contributed by atoms with E-state index in [1.165, 1.54) is 6.20 Å². The van der Waals surface area contributed by atoms with Crippen molar-refractivity contribution in [2.75, 3.05) is 51.0 Å². The van der Waals surface area contributed by atoms with Gasteiger partial charge in [0.05, 0.1) is 19.4 Å².